The van der Waals surface area contributed by atoms with Gasteiger partial charge in [0.2, 0.25) is 0 Å². The van der Waals surface area contributed by atoms with E-state index < -0.39 is 22.9 Å². The second-order valence-corrected chi connectivity index (χ2v) is 6.32. The Morgan fingerprint density at radius 2 is 2.13 bits per heavy atom. The van der Waals surface area contributed by atoms with Gasteiger partial charge in [-0.3, -0.25) is 14.9 Å². The van der Waals surface area contributed by atoms with Crippen molar-refractivity contribution in [3.63, 3.8) is 0 Å². The van der Waals surface area contributed by atoms with Crippen LogP contribution in [0.25, 0.3) is 0 Å². The van der Waals surface area contributed by atoms with Gasteiger partial charge < -0.3 is 14.6 Å². The minimum Gasteiger partial charge on any atom is -0.469 e. The molecular formula is C15H18BrNO6. The summed E-state index contributed by atoms with van der Waals surface area (Å²) < 4.78 is 10.7. The molecule has 7 nitrogen and oxygen atoms in total. The third-order valence-electron chi connectivity index (χ3n) is 4.09. The van der Waals surface area contributed by atoms with Crippen LogP contribution in [0.2, 0.25) is 0 Å². The highest BCUT2D eigenvalue weighted by Crippen LogP contribution is 2.39. The number of nitro groups is 1. The van der Waals surface area contributed by atoms with Crippen LogP contribution in [-0.4, -0.2) is 36.3 Å². The van der Waals surface area contributed by atoms with Crippen LogP contribution in [0.1, 0.15) is 24.5 Å². The van der Waals surface area contributed by atoms with E-state index in [1.807, 2.05) is 0 Å². The van der Waals surface area contributed by atoms with E-state index in [-0.39, 0.29) is 17.2 Å². The van der Waals surface area contributed by atoms with E-state index in [2.05, 4.69) is 15.9 Å². The van der Waals surface area contributed by atoms with Crippen LogP contribution in [0.15, 0.2) is 22.7 Å². The molecule has 0 aliphatic carbocycles. The molecule has 0 aromatic heterocycles. The van der Waals surface area contributed by atoms with Crippen LogP contribution in [0.3, 0.4) is 0 Å². The first kappa shape index (κ1) is 17.8. The maximum absolute atomic E-state index is 12.2. The van der Waals surface area contributed by atoms with E-state index in [4.69, 9.17) is 9.47 Å². The number of carbonyl (C=O) groups is 1. The number of halogens is 1. The van der Waals surface area contributed by atoms with Gasteiger partial charge in [-0.2, -0.15) is 0 Å². The Morgan fingerprint density at radius 1 is 1.48 bits per heavy atom. The van der Waals surface area contributed by atoms with E-state index in [1.165, 1.54) is 25.3 Å². The molecule has 0 bridgehead atoms. The molecule has 1 aromatic carbocycles. The third kappa shape index (κ3) is 4.07. The highest BCUT2D eigenvalue weighted by atomic mass is 79.9. The summed E-state index contributed by atoms with van der Waals surface area (Å²) >= 11 is 3.24. The molecule has 1 aliphatic heterocycles. The van der Waals surface area contributed by atoms with Gasteiger partial charge in [-0.25, -0.2) is 0 Å². The normalized spacial score (nSPS) is 18.2. The summed E-state index contributed by atoms with van der Waals surface area (Å²) in [6.45, 7) is 0.983. The number of ether oxygens (including phenoxy) is 2. The van der Waals surface area contributed by atoms with Gasteiger partial charge in [-0.1, -0.05) is 15.9 Å². The summed E-state index contributed by atoms with van der Waals surface area (Å²) in [5, 5.41) is 21.9. The topological polar surface area (TPSA) is 98.9 Å². The molecule has 1 aliphatic rings. The molecule has 0 saturated carbocycles. The van der Waals surface area contributed by atoms with Gasteiger partial charge in [-0.05, 0) is 30.9 Å². The number of hydrogen-bond donors (Lipinski definition) is 1. The van der Waals surface area contributed by atoms with Crippen molar-refractivity contribution in [3.8, 4) is 0 Å². The zero-order valence-electron chi connectivity index (χ0n) is 12.6. The van der Waals surface area contributed by atoms with E-state index in [0.29, 0.717) is 30.5 Å². The first-order chi connectivity index (χ1) is 11.0. The second kappa shape index (κ2) is 7.85. The number of carbonyl (C=O) groups excluding carboxylic acids is 1. The molecule has 8 heteroatoms. The lowest BCUT2D eigenvalue weighted by Crippen LogP contribution is -2.34. The maximum atomic E-state index is 12.2. The molecule has 1 fully saturated rings. The lowest BCUT2D eigenvalue weighted by atomic mass is 9.80. The Labute approximate surface area is 141 Å². The number of hydrogen-bond acceptors (Lipinski definition) is 6. The summed E-state index contributed by atoms with van der Waals surface area (Å²) in [6, 6.07) is 4.30. The van der Waals surface area contributed by atoms with E-state index >= 15 is 0 Å². The standard InChI is InChI=1S/C15H18BrNO6/c1-22-15(19)13(9-4-6-23-7-5-9)14(18)11-8-10(16)2-3-12(11)17(20)21/h2-3,8-9,13-14,18H,4-7H2,1H3. The molecule has 1 saturated heterocycles. The average Bonchev–Trinajstić information content (AvgIpc) is 2.55. The maximum Gasteiger partial charge on any atom is 0.311 e. The predicted octanol–water partition coefficient (Wildman–Crippen LogP) is 2.61. The number of nitro benzene ring substituents is 1. The fraction of sp³-hybridized carbons (Fsp3) is 0.533. The van der Waals surface area contributed by atoms with Gasteiger partial charge in [0.1, 0.15) is 0 Å². The number of aliphatic hydroxyl groups is 1. The van der Waals surface area contributed by atoms with E-state index in [1.54, 1.807) is 0 Å². The van der Waals surface area contributed by atoms with Crippen LogP contribution in [0.4, 0.5) is 5.69 Å². The lowest BCUT2D eigenvalue weighted by Gasteiger charge is -2.31. The highest BCUT2D eigenvalue weighted by molar-refractivity contribution is 9.10. The summed E-state index contributed by atoms with van der Waals surface area (Å²) in [6.07, 6.45) is -0.125. The minimum absolute atomic E-state index is 0.103. The van der Waals surface area contributed by atoms with Crippen molar-refractivity contribution >= 4 is 27.6 Å². The van der Waals surface area contributed by atoms with Gasteiger partial charge in [0, 0.05) is 23.8 Å². The van der Waals surface area contributed by atoms with Crippen LogP contribution in [-0.2, 0) is 14.3 Å². The second-order valence-electron chi connectivity index (χ2n) is 5.40. The summed E-state index contributed by atoms with van der Waals surface area (Å²) in [5.41, 5.74) is -0.118. The zero-order valence-corrected chi connectivity index (χ0v) is 14.2. The van der Waals surface area contributed by atoms with Gasteiger partial charge >= 0.3 is 5.97 Å². The van der Waals surface area contributed by atoms with Crippen molar-refractivity contribution in [2.24, 2.45) is 11.8 Å². The Bertz CT molecular complexity index is 587. The smallest absolute Gasteiger partial charge is 0.311 e. The quantitative estimate of drug-likeness (QED) is 0.473. The molecule has 0 amide bonds. The molecule has 23 heavy (non-hydrogen) atoms. The number of benzene rings is 1. The van der Waals surface area contributed by atoms with Crippen LogP contribution in [0.5, 0.6) is 0 Å². The van der Waals surface area contributed by atoms with Crippen LogP contribution < -0.4 is 0 Å². The fourth-order valence-corrected chi connectivity index (χ4v) is 3.29. The van der Waals surface area contributed by atoms with Crippen molar-refractivity contribution < 1.29 is 24.3 Å². The lowest BCUT2D eigenvalue weighted by molar-refractivity contribution is -0.386. The molecule has 2 unspecified atom stereocenters. The van der Waals surface area contributed by atoms with Gasteiger partial charge in [-0.15, -0.1) is 0 Å². The van der Waals surface area contributed by atoms with Crippen molar-refractivity contribution in [3.05, 3.63) is 38.3 Å². The number of methoxy groups -OCH3 is 1. The molecule has 0 radical (unpaired) electrons. The van der Waals surface area contributed by atoms with E-state index in [9.17, 15) is 20.0 Å². The average molecular weight is 388 g/mol. The molecule has 0 spiro atoms. The number of esters is 1. The fourth-order valence-electron chi connectivity index (χ4n) is 2.91. The highest BCUT2D eigenvalue weighted by Gasteiger charge is 2.39. The largest absolute Gasteiger partial charge is 0.469 e. The van der Waals surface area contributed by atoms with Gasteiger partial charge in [0.25, 0.3) is 5.69 Å². The van der Waals surface area contributed by atoms with Crippen molar-refractivity contribution in [2.45, 2.75) is 18.9 Å². The molecule has 126 valence electrons. The Balaban J connectivity index is 2.40. The van der Waals surface area contributed by atoms with Gasteiger partial charge in [0.15, 0.2) is 0 Å². The van der Waals surface area contributed by atoms with Gasteiger partial charge in [0.05, 0.1) is 29.6 Å². The Kier molecular flexibility index (Phi) is 6.09. The zero-order chi connectivity index (χ0) is 17.0. The molecule has 1 N–H and O–H groups in total. The van der Waals surface area contributed by atoms with Crippen molar-refractivity contribution in [1.82, 2.24) is 0 Å². The van der Waals surface area contributed by atoms with Crippen molar-refractivity contribution in [1.29, 1.82) is 0 Å². The minimum atomic E-state index is -1.32. The Morgan fingerprint density at radius 3 is 2.70 bits per heavy atom. The number of aliphatic hydroxyl groups excluding tert-OH is 1. The number of rotatable bonds is 5. The molecule has 1 heterocycles. The Hall–Kier alpha value is -1.51. The monoisotopic (exact) mass is 387 g/mol. The molecule has 2 atom stereocenters. The first-order valence-corrected chi connectivity index (χ1v) is 8.02. The third-order valence-corrected chi connectivity index (χ3v) is 4.59. The summed E-state index contributed by atoms with van der Waals surface area (Å²) in [5.74, 6) is -1.58. The molecular weight excluding hydrogens is 370 g/mol. The summed E-state index contributed by atoms with van der Waals surface area (Å²) in [7, 11) is 1.25. The van der Waals surface area contributed by atoms with Crippen LogP contribution in [0, 0.1) is 22.0 Å². The predicted molar refractivity (Wildman–Crippen MR) is 84.8 cm³/mol. The summed E-state index contributed by atoms with van der Waals surface area (Å²) in [4.78, 5) is 22.8. The van der Waals surface area contributed by atoms with Crippen LogP contribution >= 0.6 is 15.9 Å². The molecule has 1 aromatic rings. The SMILES string of the molecule is COC(=O)C(C1CCOCC1)C(O)c1cc(Br)ccc1[N+](=O)[O-]. The first-order valence-electron chi connectivity index (χ1n) is 7.23. The van der Waals surface area contributed by atoms with Crippen molar-refractivity contribution in [2.75, 3.05) is 20.3 Å². The number of nitrogens with zero attached hydrogens (tertiary/aromatic N) is 1. The van der Waals surface area contributed by atoms with E-state index in [0.717, 1.165) is 0 Å². The molecule has 2 rings (SSSR count).